The zero-order chi connectivity index (χ0) is 31.5. The number of anilines is 3. The maximum absolute atomic E-state index is 5.30. The van der Waals surface area contributed by atoms with E-state index in [-0.39, 0.29) is 5.41 Å². The van der Waals surface area contributed by atoms with Gasteiger partial charge in [0.1, 0.15) is 0 Å². The lowest BCUT2D eigenvalue weighted by Crippen LogP contribution is -2.31. The van der Waals surface area contributed by atoms with Gasteiger partial charge in [-0.25, -0.2) is 9.97 Å². The predicted molar refractivity (Wildman–Crippen MR) is 194 cm³/mol. The van der Waals surface area contributed by atoms with Crippen molar-refractivity contribution in [2.75, 3.05) is 4.90 Å². The summed E-state index contributed by atoms with van der Waals surface area (Å²) in [6.07, 6.45) is 0. The fourth-order valence-corrected chi connectivity index (χ4v) is 7.28. The van der Waals surface area contributed by atoms with Crippen LogP contribution >= 0.6 is 0 Å². The molecule has 2 aromatic heterocycles. The van der Waals surface area contributed by atoms with Gasteiger partial charge in [-0.1, -0.05) is 129 Å². The summed E-state index contributed by atoms with van der Waals surface area (Å²) in [7, 11) is 0. The largest absolute Gasteiger partial charge is 0.309 e. The van der Waals surface area contributed by atoms with Crippen molar-refractivity contribution in [3.8, 4) is 28.2 Å². The first kappa shape index (κ1) is 27.3. The monoisotopic (exact) mass is 604 g/mol. The normalized spacial score (nSPS) is 13.4. The smallest absolute Gasteiger partial charge is 0.235 e. The minimum absolute atomic E-state index is 0.270. The molecule has 1 aliphatic rings. The van der Waals surface area contributed by atoms with Gasteiger partial charge in [0.2, 0.25) is 5.95 Å². The number of nitrogens with zero attached hydrogens (tertiary/aromatic N) is 4. The molecule has 8 aromatic rings. The summed E-state index contributed by atoms with van der Waals surface area (Å²) in [5.41, 5.74) is 11.8. The highest BCUT2D eigenvalue weighted by Crippen LogP contribution is 2.53. The van der Waals surface area contributed by atoms with E-state index in [2.05, 4.69) is 169 Å². The molecule has 0 unspecified atom stereocenters. The SMILES string of the molecule is CC1(C)c2ccccc2N(c2nc(-c3ccccc3)cc(-c3ccccc3)n2)c2cc3c4ccccc4n(-c4ccccc4)c3cc21. The van der Waals surface area contributed by atoms with Crippen LogP contribution < -0.4 is 4.90 Å². The number of hydrogen-bond donors (Lipinski definition) is 0. The van der Waals surface area contributed by atoms with Crippen LogP contribution in [0.4, 0.5) is 17.3 Å². The Labute approximate surface area is 274 Å². The summed E-state index contributed by atoms with van der Waals surface area (Å²) >= 11 is 0. The molecular weight excluding hydrogens is 573 g/mol. The highest BCUT2D eigenvalue weighted by molar-refractivity contribution is 6.11. The van der Waals surface area contributed by atoms with Crippen LogP contribution in [0.5, 0.6) is 0 Å². The minimum Gasteiger partial charge on any atom is -0.309 e. The van der Waals surface area contributed by atoms with E-state index in [4.69, 9.17) is 9.97 Å². The Balaban J connectivity index is 1.37. The van der Waals surface area contributed by atoms with Crippen LogP contribution in [-0.2, 0) is 5.41 Å². The molecule has 0 saturated carbocycles. The summed E-state index contributed by atoms with van der Waals surface area (Å²) in [5, 5.41) is 2.42. The Morgan fingerprint density at radius 1 is 0.468 bits per heavy atom. The maximum atomic E-state index is 5.30. The van der Waals surface area contributed by atoms with Crippen molar-refractivity contribution in [2.45, 2.75) is 19.3 Å². The maximum Gasteiger partial charge on any atom is 0.235 e. The second kappa shape index (κ2) is 10.5. The van der Waals surface area contributed by atoms with E-state index >= 15 is 0 Å². The first-order chi connectivity index (χ1) is 23.1. The van der Waals surface area contributed by atoms with Crippen molar-refractivity contribution < 1.29 is 0 Å². The summed E-state index contributed by atoms with van der Waals surface area (Å²) in [6, 6.07) is 55.8. The van der Waals surface area contributed by atoms with Gasteiger partial charge in [0.15, 0.2) is 0 Å². The third kappa shape index (κ3) is 4.29. The zero-order valence-electron chi connectivity index (χ0n) is 26.3. The van der Waals surface area contributed by atoms with Gasteiger partial charge in [0.05, 0.1) is 33.8 Å². The molecule has 0 bridgehead atoms. The van der Waals surface area contributed by atoms with Crippen molar-refractivity contribution in [1.29, 1.82) is 0 Å². The Morgan fingerprint density at radius 3 is 1.72 bits per heavy atom. The molecule has 6 aromatic carbocycles. The van der Waals surface area contributed by atoms with E-state index in [1.54, 1.807) is 0 Å². The van der Waals surface area contributed by atoms with Crippen molar-refractivity contribution in [1.82, 2.24) is 14.5 Å². The Bertz CT molecular complexity index is 2370. The van der Waals surface area contributed by atoms with Gasteiger partial charge in [0, 0.05) is 33.0 Å². The van der Waals surface area contributed by atoms with Gasteiger partial charge >= 0.3 is 0 Å². The van der Waals surface area contributed by atoms with Gasteiger partial charge in [0.25, 0.3) is 0 Å². The molecule has 1 aliphatic heterocycles. The van der Waals surface area contributed by atoms with Gasteiger partial charge in [-0.2, -0.15) is 0 Å². The lowest BCUT2D eigenvalue weighted by molar-refractivity contribution is 0.631. The number of aromatic nitrogens is 3. The van der Waals surface area contributed by atoms with Crippen LogP contribution in [-0.4, -0.2) is 14.5 Å². The lowest BCUT2D eigenvalue weighted by atomic mass is 9.73. The van der Waals surface area contributed by atoms with Crippen LogP contribution in [0.3, 0.4) is 0 Å². The fraction of sp³-hybridized carbons (Fsp3) is 0.0698. The molecule has 224 valence electrons. The molecule has 9 rings (SSSR count). The molecule has 0 saturated heterocycles. The van der Waals surface area contributed by atoms with Crippen LogP contribution in [0.1, 0.15) is 25.0 Å². The van der Waals surface area contributed by atoms with Crippen LogP contribution in [0.25, 0.3) is 50.0 Å². The predicted octanol–water partition coefficient (Wildman–Crippen LogP) is 11.0. The van der Waals surface area contributed by atoms with Gasteiger partial charge in [-0.3, -0.25) is 4.90 Å². The summed E-state index contributed by atoms with van der Waals surface area (Å²) in [6.45, 7) is 4.67. The van der Waals surface area contributed by atoms with E-state index in [0.29, 0.717) is 5.95 Å². The molecular formula is C43H32N4. The van der Waals surface area contributed by atoms with E-state index in [1.807, 2.05) is 12.1 Å². The number of benzene rings is 6. The number of fused-ring (bicyclic) bond motifs is 5. The van der Waals surface area contributed by atoms with Crippen molar-refractivity contribution in [2.24, 2.45) is 0 Å². The van der Waals surface area contributed by atoms with Crippen molar-refractivity contribution in [3.05, 3.63) is 169 Å². The third-order valence-corrected chi connectivity index (χ3v) is 9.59. The van der Waals surface area contributed by atoms with Crippen LogP contribution in [0, 0.1) is 0 Å². The van der Waals surface area contributed by atoms with Crippen molar-refractivity contribution >= 4 is 39.1 Å². The first-order valence-electron chi connectivity index (χ1n) is 16.1. The average molecular weight is 605 g/mol. The average Bonchev–Trinajstić information content (AvgIpc) is 3.46. The Hall–Kier alpha value is -6.00. The van der Waals surface area contributed by atoms with E-state index < -0.39 is 0 Å². The Kier molecular flexibility index (Phi) is 6.12. The molecule has 4 nitrogen and oxygen atoms in total. The highest BCUT2D eigenvalue weighted by atomic mass is 15.3. The third-order valence-electron chi connectivity index (χ3n) is 9.59. The lowest BCUT2D eigenvalue weighted by Gasteiger charge is -2.41. The Morgan fingerprint density at radius 2 is 1.04 bits per heavy atom. The molecule has 0 fully saturated rings. The molecule has 0 amide bonds. The highest BCUT2D eigenvalue weighted by Gasteiger charge is 2.39. The number of hydrogen-bond acceptors (Lipinski definition) is 3. The second-order valence-corrected chi connectivity index (χ2v) is 12.7. The molecule has 0 aliphatic carbocycles. The van der Waals surface area contributed by atoms with Crippen LogP contribution in [0.15, 0.2) is 158 Å². The van der Waals surface area contributed by atoms with Crippen molar-refractivity contribution in [3.63, 3.8) is 0 Å². The van der Waals surface area contributed by atoms with E-state index in [9.17, 15) is 0 Å². The molecule has 0 radical (unpaired) electrons. The van der Waals surface area contributed by atoms with E-state index in [1.165, 1.54) is 32.9 Å². The number of rotatable bonds is 4. The summed E-state index contributed by atoms with van der Waals surface area (Å²) in [5.74, 6) is 0.653. The minimum atomic E-state index is -0.270. The molecule has 0 N–H and O–H groups in total. The van der Waals surface area contributed by atoms with Gasteiger partial charge in [-0.15, -0.1) is 0 Å². The number of para-hydroxylation sites is 3. The molecule has 0 spiro atoms. The summed E-state index contributed by atoms with van der Waals surface area (Å²) in [4.78, 5) is 12.9. The fourth-order valence-electron chi connectivity index (χ4n) is 7.28. The first-order valence-corrected chi connectivity index (χ1v) is 16.1. The molecule has 4 heteroatoms. The van der Waals surface area contributed by atoms with Gasteiger partial charge in [-0.05, 0) is 53.6 Å². The van der Waals surface area contributed by atoms with Crippen LogP contribution in [0.2, 0.25) is 0 Å². The second-order valence-electron chi connectivity index (χ2n) is 12.7. The zero-order valence-corrected chi connectivity index (χ0v) is 26.3. The molecule has 3 heterocycles. The molecule has 47 heavy (non-hydrogen) atoms. The molecule has 0 atom stereocenters. The summed E-state index contributed by atoms with van der Waals surface area (Å²) < 4.78 is 2.39. The standard InChI is InChI=1S/C43H32N4/c1-43(2)34-23-13-15-25-39(34)47(42-44-36(29-16-6-3-7-17-29)28-37(45-42)30-18-8-4-9-19-30)41-26-33-32-22-12-14-24-38(32)46(40(33)27-35(41)43)31-20-10-5-11-21-31/h3-28H,1-2H3. The van der Waals surface area contributed by atoms with Gasteiger partial charge < -0.3 is 4.57 Å². The van der Waals surface area contributed by atoms with E-state index in [0.717, 1.165) is 39.6 Å². The topological polar surface area (TPSA) is 34.0 Å². The quantitative estimate of drug-likeness (QED) is 0.200.